The number of nitro benzene ring substituents is 1. The summed E-state index contributed by atoms with van der Waals surface area (Å²) < 4.78 is 29.6. The Morgan fingerprint density at radius 2 is 1.93 bits per heavy atom. The van der Waals surface area contributed by atoms with Gasteiger partial charge in [-0.15, -0.1) is 11.3 Å². The largest absolute Gasteiger partial charge is 0.434 e. The summed E-state index contributed by atoms with van der Waals surface area (Å²) in [4.78, 5) is 26.5. The molecule has 0 saturated carbocycles. The first kappa shape index (κ1) is 19.4. The number of amides is 1. The first-order valence-electron chi connectivity index (χ1n) is 7.95. The molecular formula is C18H13F2N3O4S. The second kappa shape index (κ2) is 8.53. The number of carbonyl (C=O) groups excluding carboxylic acids is 1. The number of thiazole rings is 1. The number of alkyl halides is 2. The van der Waals surface area contributed by atoms with E-state index in [0.717, 1.165) is 11.3 Å². The Bertz CT molecular complexity index is 993. The molecule has 3 rings (SSSR count). The first-order valence-corrected chi connectivity index (χ1v) is 8.83. The fraction of sp³-hybridized carbons (Fsp3) is 0.111. The molecule has 2 aromatic carbocycles. The molecule has 1 aromatic heterocycles. The quantitative estimate of drug-likeness (QED) is 0.461. The van der Waals surface area contributed by atoms with Crippen LogP contribution in [0.25, 0.3) is 11.3 Å². The van der Waals surface area contributed by atoms with Crippen LogP contribution in [0.3, 0.4) is 0 Å². The maximum atomic E-state index is 12.5. The van der Waals surface area contributed by atoms with E-state index in [1.165, 1.54) is 30.3 Å². The molecule has 0 bridgehead atoms. The molecule has 0 aliphatic heterocycles. The van der Waals surface area contributed by atoms with E-state index in [9.17, 15) is 23.7 Å². The zero-order chi connectivity index (χ0) is 20.1. The molecule has 1 amide bonds. The van der Waals surface area contributed by atoms with Gasteiger partial charge in [-0.3, -0.25) is 14.9 Å². The summed E-state index contributed by atoms with van der Waals surface area (Å²) in [7, 11) is 0. The average molecular weight is 405 g/mol. The van der Waals surface area contributed by atoms with Crippen molar-refractivity contribution in [1.29, 1.82) is 0 Å². The number of hydrogen-bond acceptors (Lipinski definition) is 6. The van der Waals surface area contributed by atoms with Crippen molar-refractivity contribution >= 4 is 28.1 Å². The highest BCUT2D eigenvalue weighted by Crippen LogP contribution is 2.33. The van der Waals surface area contributed by atoms with Crippen molar-refractivity contribution in [2.45, 2.75) is 13.0 Å². The van der Waals surface area contributed by atoms with Gasteiger partial charge in [-0.1, -0.05) is 24.3 Å². The van der Waals surface area contributed by atoms with Crippen LogP contribution in [0.1, 0.15) is 5.56 Å². The van der Waals surface area contributed by atoms with E-state index in [2.05, 4.69) is 15.0 Å². The number of halogens is 2. The van der Waals surface area contributed by atoms with Crippen LogP contribution in [-0.4, -0.2) is 22.4 Å². The molecule has 0 spiro atoms. The maximum Gasteiger partial charge on any atom is 0.387 e. The SMILES string of the molecule is O=C(Cc1ccc([N+](=O)[O-])cc1)Nc1nc(-c2ccccc2OC(F)F)cs1. The Kier molecular flexibility index (Phi) is 5.90. The predicted molar refractivity (Wildman–Crippen MR) is 99.6 cm³/mol. The number of anilines is 1. The molecule has 0 unspecified atom stereocenters. The number of para-hydroxylation sites is 1. The Hall–Kier alpha value is -3.40. The highest BCUT2D eigenvalue weighted by molar-refractivity contribution is 7.14. The van der Waals surface area contributed by atoms with Gasteiger partial charge in [0.1, 0.15) is 5.75 Å². The van der Waals surface area contributed by atoms with E-state index in [-0.39, 0.29) is 23.8 Å². The molecule has 7 nitrogen and oxygen atoms in total. The molecule has 0 aliphatic rings. The number of nitrogens with zero attached hydrogens (tertiary/aromatic N) is 2. The fourth-order valence-corrected chi connectivity index (χ4v) is 3.14. The minimum atomic E-state index is -2.96. The number of aromatic nitrogens is 1. The zero-order valence-electron chi connectivity index (χ0n) is 14.2. The second-order valence-corrected chi connectivity index (χ2v) is 6.42. The van der Waals surface area contributed by atoms with Crippen molar-refractivity contribution in [1.82, 2.24) is 4.98 Å². The van der Waals surface area contributed by atoms with Gasteiger partial charge < -0.3 is 10.1 Å². The molecule has 0 saturated heterocycles. The lowest BCUT2D eigenvalue weighted by Gasteiger charge is -2.08. The molecule has 144 valence electrons. The van der Waals surface area contributed by atoms with Crippen molar-refractivity contribution in [2.24, 2.45) is 0 Å². The lowest BCUT2D eigenvalue weighted by molar-refractivity contribution is -0.384. The summed E-state index contributed by atoms with van der Waals surface area (Å²) in [5.41, 5.74) is 1.33. The number of nitrogens with one attached hydrogen (secondary N) is 1. The summed E-state index contributed by atoms with van der Waals surface area (Å²) in [6.45, 7) is -2.96. The topological polar surface area (TPSA) is 94.4 Å². The minimum absolute atomic E-state index is 0.00782. The van der Waals surface area contributed by atoms with E-state index in [4.69, 9.17) is 0 Å². The summed E-state index contributed by atoms with van der Waals surface area (Å²) in [6.07, 6.45) is 0.0119. The average Bonchev–Trinajstić information content (AvgIpc) is 3.10. The van der Waals surface area contributed by atoms with E-state index >= 15 is 0 Å². The van der Waals surface area contributed by atoms with Crippen LogP contribution < -0.4 is 10.1 Å². The van der Waals surface area contributed by atoms with Crippen molar-refractivity contribution in [3.63, 3.8) is 0 Å². The molecule has 0 fully saturated rings. The third-order valence-electron chi connectivity index (χ3n) is 3.64. The van der Waals surface area contributed by atoms with E-state index in [0.29, 0.717) is 22.0 Å². The van der Waals surface area contributed by atoms with Gasteiger partial charge in [0.05, 0.1) is 17.0 Å². The predicted octanol–water partition coefficient (Wildman–Crippen LogP) is 4.50. The van der Waals surface area contributed by atoms with Crippen LogP contribution >= 0.6 is 11.3 Å². The number of benzene rings is 2. The fourth-order valence-electron chi connectivity index (χ4n) is 2.42. The van der Waals surface area contributed by atoms with Crippen molar-refractivity contribution < 1.29 is 23.2 Å². The first-order chi connectivity index (χ1) is 13.4. The van der Waals surface area contributed by atoms with Crippen LogP contribution in [0, 0.1) is 10.1 Å². The number of rotatable bonds is 7. The van der Waals surface area contributed by atoms with Gasteiger partial charge in [-0.05, 0) is 17.7 Å². The molecule has 10 heteroatoms. The Morgan fingerprint density at radius 3 is 2.61 bits per heavy atom. The maximum absolute atomic E-state index is 12.5. The number of non-ortho nitro benzene ring substituents is 1. The van der Waals surface area contributed by atoms with Gasteiger partial charge in [0.25, 0.3) is 5.69 Å². The third-order valence-corrected chi connectivity index (χ3v) is 4.40. The second-order valence-electron chi connectivity index (χ2n) is 5.56. The molecule has 3 aromatic rings. The standard InChI is InChI=1S/C18H13F2N3O4S/c19-17(20)27-15-4-2-1-3-13(15)14-10-28-18(21-14)22-16(24)9-11-5-7-12(8-6-11)23(25)26/h1-8,10,17H,9H2,(H,21,22,24). The Balaban J connectivity index is 1.68. The molecule has 0 aliphatic carbocycles. The van der Waals surface area contributed by atoms with E-state index in [1.807, 2.05) is 0 Å². The van der Waals surface area contributed by atoms with Gasteiger partial charge in [0.15, 0.2) is 5.13 Å². The smallest absolute Gasteiger partial charge is 0.387 e. The molecule has 28 heavy (non-hydrogen) atoms. The summed E-state index contributed by atoms with van der Waals surface area (Å²) in [5.74, 6) is -0.363. The highest BCUT2D eigenvalue weighted by atomic mass is 32.1. The van der Waals surface area contributed by atoms with Crippen LogP contribution in [0.4, 0.5) is 19.6 Å². The van der Waals surface area contributed by atoms with Gasteiger partial charge in [0, 0.05) is 23.1 Å². The van der Waals surface area contributed by atoms with Crippen molar-refractivity contribution in [3.8, 4) is 17.0 Å². The van der Waals surface area contributed by atoms with Gasteiger partial charge in [-0.25, -0.2) is 4.98 Å². The van der Waals surface area contributed by atoms with E-state index in [1.54, 1.807) is 23.6 Å². The van der Waals surface area contributed by atoms with Gasteiger partial charge in [-0.2, -0.15) is 8.78 Å². The number of hydrogen-bond donors (Lipinski definition) is 1. The van der Waals surface area contributed by atoms with Crippen LogP contribution in [0.2, 0.25) is 0 Å². The molecule has 0 radical (unpaired) electrons. The Labute approximate surface area is 161 Å². The highest BCUT2D eigenvalue weighted by Gasteiger charge is 2.15. The number of ether oxygens (including phenoxy) is 1. The molecular weight excluding hydrogens is 392 g/mol. The van der Waals surface area contributed by atoms with Crippen LogP contribution in [0.5, 0.6) is 5.75 Å². The lowest BCUT2D eigenvalue weighted by Crippen LogP contribution is -2.14. The van der Waals surface area contributed by atoms with Crippen molar-refractivity contribution in [3.05, 3.63) is 69.6 Å². The summed E-state index contributed by atoms with van der Waals surface area (Å²) >= 11 is 1.14. The minimum Gasteiger partial charge on any atom is -0.434 e. The van der Waals surface area contributed by atoms with Crippen LogP contribution in [0.15, 0.2) is 53.9 Å². The lowest BCUT2D eigenvalue weighted by atomic mass is 10.1. The normalized spacial score (nSPS) is 10.7. The zero-order valence-corrected chi connectivity index (χ0v) is 15.0. The number of nitro groups is 1. The monoisotopic (exact) mass is 405 g/mol. The third kappa shape index (κ3) is 4.86. The molecule has 0 atom stereocenters. The summed E-state index contributed by atoms with van der Waals surface area (Å²) in [6, 6.07) is 11.9. The summed E-state index contributed by atoms with van der Waals surface area (Å²) in [5, 5.41) is 15.2. The van der Waals surface area contributed by atoms with Crippen LogP contribution in [-0.2, 0) is 11.2 Å². The van der Waals surface area contributed by atoms with E-state index < -0.39 is 11.5 Å². The van der Waals surface area contributed by atoms with Gasteiger partial charge in [0.2, 0.25) is 5.91 Å². The molecule has 1 N–H and O–H groups in total. The van der Waals surface area contributed by atoms with Crippen molar-refractivity contribution in [2.75, 3.05) is 5.32 Å². The number of carbonyl (C=O) groups is 1. The van der Waals surface area contributed by atoms with Gasteiger partial charge >= 0.3 is 6.61 Å². The molecule has 1 heterocycles. The Morgan fingerprint density at radius 1 is 1.21 bits per heavy atom.